The van der Waals surface area contributed by atoms with Gasteiger partial charge in [0.15, 0.2) is 0 Å². The van der Waals surface area contributed by atoms with Crippen LogP contribution in [0.2, 0.25) is 0 Å². The van der Waals surface area contributed by atoms with Crippen LogP contribution in [0.15, 0.2) is 24.3 Å². The molecule has 2 atom stereocenters. The lowest BCUT2D eigenvalue weighted by Gasteiger charge is -2.11. The van der Waals surface area contributed by atoms with Crippen LogP contribution in [0.1, 0.15) is 99.8 Å². The van der Waals surface area contributed by atoms with E-state index in [1.54, 1.807) is 24.3 Å². The standard InChI is InChI=1S/C24H38O4/c1-5-19(3)13-9-11-17-27-23(25)21-15-7-8-16-22(21)24(26)28-18-12-10-14-20(4)6-2/h7-8,15-16,19-20H,5-6,9-14,17-18H2,1-4H3. The van der Waals surface area contributed by atoms with Crippen molar-refractivity contribution in [2.24, 2.45) is 11.8 Å². The Labute approximate surface area is 171 Å². The summed E-state index contributed by atoms with van der Waals surface area (Å²) in [5.41, 5.74) is 0.572. The van der Waals surface area contributed by atoms with Crippen molar-refractivity contribution in [3.05, 3.63) is 35.4 Å². The fourth-order valence-electron chi connectivity index (χ4n) is 2.92. The predicted octanol–water partition coefficient (Wildman–Crippen LogP) is 6.43. The van der Waals surface area contributed by atoms with Gasteiger partial charge in [-0.25, -0.2) is 9.59 Å². The zero-order valence-electron chi connectivity index (χ0n) is 18.2. The SMILES string of the molecule is CCC(C)CCCCOC(=O)c1ccccc1C(=O)OCCCCC(C)CC. The lowest BCUT2D eigenvalue weighted by atomic mass is 10.0. The summed E-state index contributed by atoms with van der Waals surface area (Å²) >= 11 is 0. The third kappa shape index (κ3) is 9.38. The number of rotatable bonds is 14. The first-order valence-corrected chi connectivity index (χ1v) is 10.9. The van der Waals surface area contributed by atoms with E-state index in [4.69, 9.17) is 9.47 Å². The molecule has 0 amide bonds. The summed E-state index contributed by atoms with van der Waals surface area (Å²) < 4.78 is 10.7. The van der Waals surface area contributed by atoms with Crippen LogP contribution in [-0.4, -0.2) is 25.2 Å². The molecule has 0 bridgehead atoms. The third-order valence-electron chi connectivity index (χ3n) is 5.41. The lowest BCUT2D eigenvalue weighted by Crippen LogP contribution is -2.15. The van der Waals surface area contributed by atoms with Gasteiger partial charge in [-0.2, -0.15) is 0 Å². The maximum absolute atomic E-state index is 12.4. The Balaban J connectivity index is 2.43. The van der Waals surface area contributed by atoms with E-state index in [0.717, 1.165) is 38.5 Å². The van der Waals surface area contributed by atoms with Crippen LogP contribution >= 0.6 is 0 Å². The van der Waals surface area contributed by atoms with E-state index >= 15 is 0 Å². The van der Waals surface area contributed by atoms with Crippen molar-refractivity contribution >= 4 is 11.9 Å². The predicted molar refractivity (Wildman–Crippen MR) is 114 cm³/mol. The van der Waals surface area contributed by atoms with Gasteiger partial charge in [-0.3, -0.25) is 0 Å². The molecule has 0 saturated carbocycles. The summed E-state index contributed by atoms with van der Waals surface area (Å²) in [7, 11) is 0. The number of ether oxygens (including phenoxy) is 2. The van der Waals surface area contributed by atoms with E-state index in [1.807, 2.05) is 0 Å². The molecule has 0 aliphatic carbocycles. The third-order valence-corrected chi connectivity index (χ3v) is 5.41. The lowest BCUT2D eigenvalue weighted by molar-refractivity contribution is 0.0449. The molecule has 0 fully saturated rings. The zero-order chi connectivity index (χ0) is 20.8. The largest absolute Gasteiger partial charge is 0.462 e. The molecule has 28 heavy (non-hydrogen) atoms. The molecule has 0 saturated heterocycles. The Morgan fingerprint density at radius 2 is 1.14 bits per heavy atom. The highest BCUT2D eigenvalue weighted by atomic mass is 16.5. The summed E-state index contributed by atoms with van der Waals surface area (Å²) in [5.74, 6) is 0.508. The molecule has 0 aromatic heterocycles. The van der Waals surface area contributed by atoms with Gasteiger partial charge in [-0.05, 0) is 49.7 Å². The van der Waals surface area contributed by atoms with E-state index in [2.05, 4.69) is 27.7 Å². The fourth-order valence-corrected chi connectivity index (χ4v) is 2.92. The maximum Gasteiger partial charge on any atom is 0.339 e. The summed E-state index contributed by atoms with van der Waals surface area (Å²) in [6.07, 6.45) is 8.42. The smallest absolute Gasteiger partial charge is 0.339 e. The zero-order valence-corrected chi connectivity index (χ0v) is 18.2. The van der Waals surface area contributed by atoms with Crippen LogP contribution < -0.4 is 0 Å². The molecular weight excluding hydrogens is 352 g/mol. The molecule has 0 heterocycles. The topological polar surface area (TPSA) is 52.6 Å². The van der Waals surface area contributed by atoms with Gasteiger partial charge in [0.2, 0.25) is 0 Å². The number of unbranched alkanes of at least 4 members (excludes halogenated alkanes) is 2. The Morgan fingerprint density at radius 1 is 0.750 bits per heavy atom. The van der Waals surface area contributed by atoms with Crippen LogP contribution in [0.25, 0.3) is 0 Å². The van der Waals surface area contributed by atoms with E-state index in [-0.39, 0.29) is 11.1 Å². The monoisotopic (exact) mass is 390 g/mol. The van der Waals surface area contributed by atoms with Crippen LogP contribution in [-0.2, 0) is 9.47 Å². The van der Waals surface area contributed by atoms with Crippen LogP contribution in [0, 0.1) is 11.8 Å². The number of esters is 2. The van der Waals surface area contributed by atoms with E-state index in [1.165, 1.54) is 12.8 Å². The molecule has 1 aromatic rings. The summed E-state index contributed by atoms with van der Waals surface area (Å²) in [6, 6.07) is 6.73. The molecule has 158 valence electrons. The van der Waals surface area contributed by atoms with E-state index in [9.17, 15) is 9.59 Å². The van der Waals surface area contributed by atoms with Crippen LogP contribution in [0.5, 0.6) is 0 Å². The second-order valence-electron chi connectivity index (χ2n) is 7.84. The van der Waals surface area contributed by atoms with Crippen molar-refractivity contribution in [3.8, 4) is 0 Å². The first kappa shape index (κ1) is 24.2. The van der Waals surface area contributed by atoms with Crippen molar-refractivity contribution in [1.82, 2.24) is 0 Å². The van der Waals surface area contributed by atoms with Crippen molar-refractivity contribution < 1.29 is 19.1 Å². The highest BCUT2D eigenvalue weighted by Gasteiger charge is 2.18. The normalized spacial score (nSPS) is 13.0. The maximum atomic E-state index is 12.4. The molecule has 0 aliphatic rings. The van der Waals surface area contributed by atoms with Crippen molar-refractivity contribution in [3.63, 3.8) is 0 Å². The first-order valence-electron chi connectivity index (χ1n) is 10.9. The molecule has 1 rings (SSSR count). The number of benzene rings is 1. The van der Waals surface area contributed by atoms with Gasteiger partial charge in [0.05, 0.1) is 24.3 Å². The van der Waals surface area contributed by atoms with E-state index in [0.29, 0.717) is 25.0 Å². The molecular formula is C24H38O4. The molecule has 2 unspecified atom stereocenters. The summed E-state index contributed by atoms with van der Waals surface area (Å²) in [5, 5.41) is 0. The molecule has 4 heteroatoms. The average Bonchev–Trinajstić information content (AvgIpc) is 2.72. The number of carbonyl (C=O) groups excluding carboxylic acids is 2. The number of hydrogen-bond donors (Lipinski definition) is 0. The molecule has 0 radical (unpaired) electrons. The minimum atomic E-state index is -0.451. The van der Waals surface area contributed by atoms with Gasteiger partial charge in [0, 0.05) is 0 Å². The van der Waals surface area contributed by atoms with Gasteiger partial charge in [-0.1, -0.05) is 65.5 Å². The molecule has 1 aromatic carbocycles. The second kappa shape index (κ2) is 14.2. The minimum absolute atomic E-state index is 0.286. The average molecular weight is 391 g/mol. The molecule has 0 aliphatic heterocycles. The Hall–Kier alpha value is -1.84. The fraction of sp³-hybridized carbons (Fsp3) is 0.667. The van der Waals surface area contributed by atoms with Gasteiger partial charge in [-0.15, -0.1) is 0 Å². The summed E-state index contributed by atoms with van der Waals surface area (Å²) in [4.78, 5) is 24.8. The molecule has 0 N–H and O–H groups in total. The molecule has 0 spiro atoms. The van der Waals surface area contributed by atoms with Gasteiger partial charge in [0.25, 0.3) is 0 Å². The minimum Gasteiger partial charge on any atom is -0.462 e. The summed E-state index contributed by atoms with van der Waals surface area (Å²) in [6.45, 7) is 9.61. The Kier molecular flexibility index (Phi) is 12.3. The Morgan fingerprint density at radius 3 is 1.50 bits per heavy atom. The second-order valence-corrected chi connectivity index (χ2v) is 7.84. The van der Waals surface area contributed by atoms with Crippen molar-refractivity contribution in [2.75, 3.05) is 13.2 Å². The Bertz CT molecular complexity index is 531. The highest BCUT2D eigenvalue weighted by molar-refractivity contribution is 6.03. The number of carbonyl (C=O) groups is 2. The van der Waals surface area contributed by atoms with Gasteiger partial charge >= 0.3 is 11.9 Å². The van der Waals surface area contributed by atoms with Gasteiger partial charge < -0.3 is 9.47 Å². The van der Waals surface area contributed by atoms with Gasteiger partial charge in [0.1, 0.15) is 0 Å². The first-order chi connectivity index (χ1) is 13.5. The molecule has 4 nitrogen and oxygen atoms in total. The highest BCUT2D eigenvalue weighted by Crippen LogP contribution is 2.15. The van der Waals surface area contributed by atoms with E-state index < -0.39 is 11.9 Å². The quantitative estimate of drug-likeness (QED) is 0.271. The number of hydrogen-bond acceptors (Lipinski definition) is 4. The van der Waals surface area contributed by atoms with Crippen molar-refractivity contribution in [2.45, 2.75) is 79.1 Å². The van der Waals surface area contributed by atoms with Crippen LogP contribution in [0.4, 0.5) is 0 Å². The van der Waals surface area contributed by atoms with Crippen molar-refractivity contribution in [1.29, 1.82) is 0 Å². The van der Waals surface area contributed by atoms with Crippen LogP contribution in [0.3, 0.4) is 0 Å².